The van der Waals surface area contributed by atoms with E-state index in [-0.39, 0.29) is 29.9 Å². The average Bonchev–Trinajstić information content (AvgIpc) is 2.88. The fourth-order valence-corrected chi connectivity index (χ4v) is 4.76. The number of hydrogen-bond acceptors (Lipinski definition) is 5. The third kappa shape index (κ3) is 5.13. The first kappa shape index (κ1) is 23.5. The number of carbonyl (C=O) groups is 3. The van der Waals surface area contributed by atoms with Gasteiger partial charge in [0.2, 0.25) is 5.91 Å². The number of aromatic nitrogens is 1. The van der Waals surface area contributed by atoms with Crippen LogP contribution in [-0.2, 0) is 4.79 Å². The van der Waals surface area contributed by atoms with E-state index in [1.165, 1.54) is 4.90 Å². The molecular formula is C28H29N3O3. The highest BCUT2D eigenvalue weighted by Gasteiger charge is 2.45. The molecule has 4 rings (SSSR count). The Morgan fingerprint density at radius 2 is 1.35 bits per heavy atom. The minimum atomic E-state index is -0.493. The lowest BCUT2D eigenvalue weighted by Gasteiger charge is -2.43. The molecule has 2 aromatic carbocycles. The highest BCUT2D eigenvalue weighted by Crippen LogP contribution is 2.40. The van der Waals surface area contributed by atoms with E-state index in [2.05, 4.69) is 4.98 Å². The minimum absolute atomic E-state index is 0.0256. The van der Waals surface area contributed by atoms with Gasteiger partial charge in [0.15, 0.2) is 11.6 Å². The zero-order valence-corrected chi connectivity index (χ0v) is 19.5. The van der Waals surface area contributed by atoms with Crippen molar-refractivity contribution in [2.45, 2.75) is 5.92 Å². The van der Waals surface area contributed by atoms with Crippen LogP contribution in [0.5, 0.6) is 0 Å². The van der Waals surface area contributed by atoms with E-state index < -0.39 is 11.8 Å². The molecule has 0 N–H and O–H groups in total. The van der Waals surface area contributed by atoms with Crippen LogP contribution in [0, 0.1) is 11.8 Å². The van der Waals surface area contributed by atoms with Crippen molar-refractivity contribution in [3.05, 3.63) is 102 Å². The number of piperidine rings is 1. The maximum atomic E-state index is 13.8. The van der Waals surface area contributed by atoms with E-state index >= 15 is 0 Å². The summed E-state index contributed by atoms with van der Waals surface area (Å²) in [5.41, 5.74) is 2.07. The van der Waals surface area contributed by atoms with E-state index in [9.17, 15) is 14.4 Å². The number of ketones is 2. The molecule has 174 valence electrons. The van der Waals surface area contributed by atoms with Crippen molar-refractivity contribution in [3.8, 4) is 0 Å². The van der Waals surface area contributed by atoms with Crippen LogP contribution in [0.4, 0.5) is 0 Å². The maximum Gasteiger partial charge on any atom is 0.236 e. The Morgan fingerprint density at radius 3 is 1.79 bits per heavy atom. The molecule has 6 nitrogen and oxygen atoms in total. The van der Waals surface area contributed by atoms with E-state index in [1.807, 2.05) is 53.4 Å². The molecule has 6 heteroatoms. The Hall–Kier alpha value is -3.64. The van der Waals surface area contributed by atoms with Crippen LogP contribution >= 0.6 is 0 Å². The number of nitrogens with zero attached hydrogens (tertiary/aromatic N) is 3. The van der Waals surface area contributed by atoms with Gasteiger partial charge in [-0.15, -0.1) is 0 Å². The summed E-state index contributed by atoms with van der Waals surface area (Å²) in [6, 6.07) is 22.1. The van der Waals surface area contributed by atoms with Crippen LogP contribution in [0.1, 0.15) is 32.2 Å². The van der Waals surface area contributed by atoms with Gasteiger partial charge in [-0.1, -0.05) is 66.7 Å². The average molecular weight is 456 g/mol. The number of pyridine rings is 1. The summed E-state index contributed by atoms with van der Waals surface area (Å²) >= 11 is 0. The molecule has 0 bridgehead atoms. The molecule has 0 radical (unpaired) electrons. The fourth-order valence-electron chi connectivity index (χ4n) is 4.76. The van der Waals surface area contributed by atoms with Crippen molar-refractivity contribution in [2.24, 2.45) is 11.8 Å². The SMILES string of the molecule is CN(C)C(=O)CN1C[C@H](C(=O)c2ccccc2)C(c2cccnc2)[C@@H](C(=O)c2ccccc2)C1. The summed E-state index contributed by atoms with van der Waals surface area (Å²) in [5.74, 6) is -1.44. The second kappa shape index (κ2) is 10.5. The van der Waals surface area contributed by atoms with E-state index in [0.717, 1.165) is 5.56 Å². The Kier molecular flexibility index (Phi) is 7.28. The molecule has 1 aliphatic heterocycles. The Labute approximate surface area is 200 Å². The highest BCUT2D eigenvalue weighted by molar-refractivity contribution is 6.02. The van der Waals surface area contributed by atoms with Crippen LogP contribution in [0.25, 0.3) is 0 Å². The molecule has 34 heavy (non-hydrogen) atoms. The molecule has 1 aromatic heterocycles. The zero-order valence-electron chi connectivity index (χ0n) is 19.5. The van der Waals surface area contributed by atoms with Gasteiger partial charge in [-0.2, -0.15) is 0 Å². The van der Waals surface area contributed by atoms with Crippen LogP contribution in [0.3, 0.4) is 0 Å². The molecule has 3 aromatic rings. The first-order valence-corrected chi connectivity index (χ1v) is 11.5. The van der Waals surface area contributed by atoms with Crippen LogP contribution in [0.15, 0.2) is 85.2 Å². The van der Waals surface area contributed by atoms with Gasteiger partial charge < -0.3 is 4.90 Å². The third-order valence-electron chi connectivity index (χ3n) is 6.49. The van der Waals surface area contributed by atoms with Crippen LogP contribution in [-0.4, -0.2) is 66.0 Å². The van der Waals surface area contributed by atoms with Gasteiger partial charge in [0.05, 0.1) is 6.54 Å². The van der Waals surface area contributed by atoms with Crippen LogP contribution in [0.2, 0.25) is 0 Å². The summed E-state index contributed by atoms with van der Waals surface area (Å²) < 4.78 is 0. The minimum Gasteiger partial charge on any atom is -0.348 e. The molecule has 0 unspecified atom stereocenters. The summed E-state index contributed by atoms with van der Waals surface area (Å²) in [6.07, 6.45) is 3.44. The highest BCUT2D eigenvalue weighted by atomic mass is 16.2. The fraction of sp³-hybridized carbons (Fsp3) is 0.286. The van der Waals surface area contributed by atoms with Gasteiger partial charge in [0.25, 0.3) is 0 Å². The van der Waals surface area contributed by atoms with E-state index in [0.29, 0.717) is 24.2 Å². The molecule has 1 aliphatic rings. The molecular weight excluding hydrogens is 426 g/mol. The summed E-state index contributed by atoms with van der Waals surface area (Å²) in [6.45, 7) is 0.945. The topological polar surface area (TPSA) is 70.6 Å². The van der Waals surface area contributed by atoms with Gasteiger partial charge in [-0.25, -0.2) is 0 Å². The number of Topliss-reactive ketones (excluding diaryl/α,β-unsaturated/α-hetero) is 2. The first-order valence-electron chi connectivity index (χ1n) is 11.5. The lowest BCUT2D eigenvalue weighted by Crippen LogP contribution is -2.52. The van der Waals surface area contributed by atoms with Crippen molar-refractivity contribution >= 4 is 17.5 Å². The number of benzene rings is 2. The van der Waals surface area contributed by atoms with Gasteiger partial charge in [-0.3, -0.25) is 24.3 Å². The van der Waals surface area contributed by atoms with E-state index in [1.54, 1.807) is 50.8 Å². The number of hydrogen-bond donors (Lipinski definition) is 0. The molecule has 1 amide bonds. The normalized spacial score (nSPS) is 18.9. The smallest absolute Gasteiger partial charge is 0.236 e. The first-order chi connectivity index (χ1) is 16.5. The van der Waals surface area contributed by atoms with Crippen molar-refractivity contribution < 1.29 is 14.4 Å². The number of carbonyl (C=O) groups excluding carboxylic acids is 3. The Morgan fingerprint density at radius 1 is 0.824 bits per heavy atom. The van der Waals surface area contributed by atoms with Gasteiger partial charge >= 0.3 is 0 Å². The van der Waals surface area contributed by atoms with Gasteiger partial charge in [-0.05, 0) is 11.6 Å². The third-order valence-corrected chi connectivity index (χ3v) is 6.49. The molecule has 2 atom stereocenters. The van der Waals surface area contributed by atoms with Gasteiger partial charge in [0, 0.05) is 68.5 Å². The second-order valence-corrected chi connectivity index (χ2v) is 8.97. The van der Waals surface area contributed by atoms with Crippen molar-refractivity contribution in [3.63, 3.8) is 0 Å². The molecule has 0 spiro atoms. The van der Waals surface area contributed by atoms with Crippen LogP contribution < -0.4 is 0 Å². The summed E-state index contributed by atoms with van der Waals surface area (Å²) in [7, 11) is 3.42. The molecule has 1 fully saturated rings. The zero-order chi connectivity index (χ0) is 24.1. The lowest BCUT2D eigenvalue weighted by atomic mass is 9.69. The number of rotatable bonds is 7. The summed E-state index contributed by atoms with van der Waals surface area (Å²) in [5, 5.41) is 0. The summed E-state index contributed by atoms with van der Waals surface area (Å²) in [4.78, 5) is 47.9. The molecule has 2 heterocycles. The standard InChI is InChI=1S/C28H29N3O3/c1-30(2)25(32)19-31-17-23(27(33)20-10-5-3-6-11-20)26(22-14-9-15-29-16-22)24(18-31)28(34)21-12-7-4-8-13-21/h3-16,23-24,26H,17-19H2,1-2H3/t23-,24-/m0/s1. The van der Waals surface area contributed by atoms with E-state index in [4.69, 9.17) is 0 Å². The molecule has 0 aliphatic carbocycles. The number of likely N-dealkylation sites (tertiary alicyclic amines) is 1. The van der Waals surface area contributed by atoms with Crippen molar-refractivity contribution in [2.75, 3.05) is 33.7 Å². The largest absolute Gasteiger partial charge is 0.348 e. The number of amides is 1. The lowest BCUT2D eigenvalue weighted by molar-refractivity contribution is -0.130. The monoisotopic (exact) mass is 455 g/mol. The predicted octanol–water partition coefficient (Wildman–Crippen LogP) is 3.57. The predicted molar refractivity (Wildman–Crippen MR) is 131 cm³/mol. The molecule has 1 saturated heterocycles. The van der Waals surface area contributed by atoms with Gasteiger partial charge in [0.1, 0.15) is 0 Å². The Balaban J connectivity index is 1.78. The van der Waals surface area contributed by atoms with Crippen molar-refractivity contribution in [1.29, 1.82) is 0 Å². The quantitative estimate of drug-likeness (QED) is 0.510. The molecule has 0 saturated carbocycles. The Bertz CT molecular complexity index is 1070. The number of likely N-dealkylation sites (N-methyl/N-ethyl adjacent to an activating group) is 1. The second-order valence-electron chi connectivity index (χ2n) is 8.97. The van der Waals surface area contributed by atoms with Crippen molar-refractivity contribution in [1.82, 2.24) is 14.8 Å². The maximum absolute atomic E-state index is 13.8.